The summed E-state index contributed by atoms with van der Waals surface area (Å²) in [7, 11) is -1.40. The van der Waals surface area contributed by atoms with E-state index in [1.165, 1.54) is 0 Å². The molecule has 0 bridgehead atoms. The van der Waals surface area contributed by atoms with E-state index in [2.05, 4.69) is 0 Å². The van der Waals surface area contributed by atoms with Crippen LogP contribution in [0.15, 0.2) is 0 Å². The topological polar surface area (TPSA) is 124 Å². The number of nitrogens with two attached hydrogens (primary N) is 1. The molecule has 1 aliphatic carbocycles. The third-order valence-corrected chi connectivity index (χ3v) is 5.30. The average Bonchev–Trinajstić information content (AvgIpc) is 2.86. The number of rotatable bonds is 6. The van der Waals surface area contributed by atoms with Gasteiger partial charge in [0, 0.05) is 24.9 Å². The largest absolute Gasteiger partial charge is 0.480 e. The first-order valence-electron chi connectivity index (χ1n) is 8.52. The van der Waals surface area contributed by atoms with E-state index in [0.717, 1.165) is 32.1 Å². The van der Waals surface area contributed by atoms with Crippen molar-refractivity contribution in [2.45, 2.75) is 56.8 Å². The predicted molar refractivity (Wildman–Crippen MR) is 85.4 cm³/mol. The zero-order chi connectivity index (χ0) is 17.0. The number of carboxylic acids is 1. The van der Waals surface area contributed by atoms with E-state index in [4.69, 9.17) is 15.8 Å². The zero-order valence-electron chi connectivity index (χ0n) is 13.5. The minimum Gasteiger partial charge on any atom is -0.480 e. The van der Waals surface area contributed by atoms with Crippen LogP contribution < -0.4 is 5.73 Å². The molecule has 8 heteroatoms. The third-order valence-electron chi connectivity index (χ3n) is 5.30. The highest BCUT2D eigenvalue weighted by Gasteiger charge is 2.51. The smallest absolute Gasteiger partial charge is 0.451 e. The highest BCUT2D eigenvalue weighted by atomic mass is 16.4. The van der Waals surface area contributed by atoms with E-state index in [-0.39, 0.29) is 30.6 Å². The molecule has 1 aliphatic heterocycles. The van der Waals surface area contributed by atoms with Crippen LogP contribution in [0.4, 0.5) is 0 Å². The van der Waals surface area contributed by atoms with Gasteiger partial charge in [-0.3, -0.25) is 9.59 Å². The van der Waals surface area contributed by atoms with Crippen LogP contribution in [0.1, 0.15) is 44.9 Å². The quantitative estimate of drug-likeness (QED) is 0.512. The fraction of sp³-hybridized carbons (Fsp3) is 0.867. The summed E-state index contributed by atoms with van der Waals surface area (Å²) in [6, 6.07) is 0. The fourth-order valence-electron chi connectivity index (χ4n) is 3.85. The van der Waals surface area contributed by atoms with Gasteiger partial charge in [-0.05, 0) is 25.6 Å². The maximum atomic E-state index is 12.6. The van der Waals surface area contributed by atoms with Crippen molar-refractivity contribution in [2.24, 2.45) is 17.6 Å². The van der Waals surface area contributed by atoms with Gasteiger partial charge in [-0.15, -0.1) is 0 Å². The summed E-state index contributed by atoms with van der Waals surface area (Å²) >= 11 is 0. The van der Waals surface area contributed by atoms with Crippen molar-refractivity contribution in [3.05, 3.63) is 0 Å². The van der Waals surface area contributed by atoms with Crippen molar-refractivity contribution in [3.63, 3.8) is 0 Å². The summed E-state index contributed by atoms with van der Waals surface area (Å²) in [5, 5.41) is 27.3. The van der Waals surface area contributed by atoms with Gasteiger partial charge in [-0.1, -0.05) is 25.7 Å². The van der Waals surface area contributed by atoms with Crippen molar-refractivity contribution in [2.75, 3.05) is 13.1 Å². The van der Waals surface area contributed by atoms with Crippen molar-refractivity contribution in [1.82, 2.24) is 4.90 Å². The molecule has 0 unspecified atom stereocenters. The van der Waals surface area contributed by atoms with E-state index in [0.29, 0.717) is 19.4 Å². The van der Waals surface area contributed by atoms with Crippen molar-refractivity contribution in [1.29, 1.82) is 0 Å². The molecule has 5 N–H and O–H groups in total. The summed E-state index contributed by atoms with van der Waals surface area (Å²) < 4.78 is 0. The number of carbonyl (C=O) groups excluding carboxylic acids is 1. The number of carbonyl (C=O) groups is 2. The molecule has 0 aromatic carbocycles. The van der Waals surface area contributed by atoms with Crippen LogP contribution in [0.3, 0.4) is 0 Å². The molecule has 0 radical (unpaired) electrons. The van der Waals surface area contributed by atoms with Crippen LogP contribution >= 0.6 is 0 Å². The van der Waals surface area contributed by atoms with Gasteiger partial charge < -0.3 is 25.8 Å². The highest BCUT2D eigenvalue weighted by Crippen LogP contribution is 2.33. The number of amides is 1. The normalized spacial score (nSPS) is 28.8. The van der Waals surface area contributed by atoms with E-state index in [9.17, 15) is 14.7 Å². The second-order valence-corrected chi connectivity index (χ2v) is 7.01. The molecule has 7 nitrogen and oxygen atoms in total. The molecular weight excluding hydrogens is 299 g/mol. The Morgan fingerprint density at radius 1 is 1.22 bits per heavy atom. The first-order valence-corrected chi connectivity index (χ1v) is 8.52. The Balaban J connectivity index is 2.00. The Labute approximate surface area is 137 Å². The minimum atomic E-state index is -1.44. The summed E-state index contributed by atoms with van der Waals surface area (Å²) in [6.07, 6.45) is 6.13. The SMILES string of the molecule is N[C@@]1(C(=O)O)CN(C(=O)C2CCCCC2)C[C@@H]1CCCB(O)O. The summed E-state index contributed by atoms with van der Waals surface area (Å²) in [5.74, 6) is -1.41. The van der Waals surface area contributed by atoms with Crippen LogP contribution in [-0.4, -0.2) is 57.7 Å². The molecule has 2 aliphatic rings. The molecule has 2 fully saturated rings. The van der Waals surface area contributed by atoms with Gasteiger partial charge in [0.25, 0.3) is 0 Å². The standard InChI is InChI=1S/C15H27BN2O5/c17-15(14(20)21)10-18(9-12(15)7-4-8-16(22)23)13(19)11-5-2-1-3-6-11/h11-12,22-23H,1-10,17H2,(H,20,21)/t12-,15-/m0/s1. The van der Waals surface area contributed by atoms with Gasteiger partial charge in [-0.2, -0.15) is 0 Å². The molecule has 0 aromatic rings. The Bertz CT molecular complexity index is 442. The Kier molecular flexibility index (Phi) is 6.05. The first kappa shape index (κ1) is 18.2. The molecule has 1 amide bonds. The van der Waals surface area contributed by atoms with Gasteiger partial charge in [0.2, 0.25) is 5.91 Å². The number of hydrogen-bond donors (Lipinski definition) is 4. The van der Waals surface area contributed by atoms with Crippen LogP contribution in [-0.2, 0) is 9.59 Å². The molecule has 0 aromatic heterocycles. The summed E-state index contributed by atoms with van der Waals surface area (Å²) in [5.41, 5.74) is 4.66. The Hall–Kier alpha value is -1.12. The second kappa shape index (κ2) is 7.64. The molecule has 0 spiro atoms. The van der Waals surface area contributed by atoms with Gasteiger partial charge in [0.1, 0.15) is 5.54 Å². The van der Waals surface area contributed by atoms with E-state index < -0.39 is 18.6 Å². The summed E-state index contributed by atoms with van der Waals surface area (Å²) in [4.78, 5) is 25.9. The van der Waals surface area contributed by atoms with Crippen LogP contribution in [0, 0.1) is 11.8 Å². The van der Waals surface area contributed by atoms with Gasteiger partial charge in [0.05, 0.1) is 0 Å². The molecule has 2 atom stereocenters. The molecule has 23 heavy (non-hydrogen) atoms. The Morgan fingerprint density at radius 3 is 2.43 bits per heavy atom. The third kappa shape index (κ3) is 4.25. The second-order valence-electron chi connectivity index (χ2n) is 7.01. The number of hydrogen-bond acceptors (Lipinski definition) is 5. The van der Waals surface area contributed by atoms with Crippen LogP contribution in [0.5, 0.6) is 0 Å². The van der Waals surface area contributed by atoms with Gasteiger partial charge in [0.15, 0.2) is 0 Å². The van der Waals surface area contributed by atoms with Gasteiger partial charge >= 0.3 is 13.1 Å². The zero-order valence-corrected chi connectivity index (χ0v) is 13.5. The predicted octanol–water partition coefficient (Wildman–Crippen LogP) is 0.0602. The molecule has 2 rings (SSSR count). The highest BCUT2D eigenvalue weighted by molar-refractivity contribution is 6.40. The number of likely N-dealkylation sites (tertiary alicyclic amines) is 1. The van der Waals surface area contributed by atoms with E-state index >= 15 is 0 Å². The average molecular weight is 326 g/mol. The number of carboxylic acid groups (broad SMARTS) is 1. The maximum absolute atomic E-state index is 12.6. The molecular formula is C15H27BN2O5. The molecule has 1 heterocycles. The lowest BCUT2D eigenvalue weighted by atomic mass is 9.78. The minimum absolute atomic E-state index is 0.000177. The van der Waals surface area contributed by atoms with Crippen molar-refractivity contribution in [3.8, 4) is 0 Å². The number of nitrogens with zero attached hydrogens (tertiary/aromatic N) is 1. The molecule has 1 saturated carbocycles. The van der Waals surface area contributed by atoms with Gasteiger partial charge in [-0.25, -0.2) is 0 Å². The fourth-order valence-corrected chi connectivity index (χ4v) is 3.85. The Morgan fingerprint density at radius 2 is 1.87 bits per heavy atom. The van der Waals surface area contributed by atoms with E-state index in [1.807, 2.05) is 0 Å². The molecule has 130 valence electrons. The molecule has 1 saturated heterocycles. The number of aliphatic carboxylic acids is 1. The monoisotopic (exact) mass is 326 g/mol. The van der Waals surface area contributed by atoms with Crippen molar-refractivity contribution >= 4 is 19.0 Å². The first-order chi connectivity index (χ1) is 10.8. The maximum Gasteiger partial charge on any atom is 0.451 e. The van der Waals surface area contributed by atoms with E-state index in [1.54, 1.807) is 4.90 Å². The van der Waals surface area contributed by atoms with Crippen LogP contribution in [0.2, 0.25) is 6.32 Å². The lowest BCUT2D eigenvalue weighted by Crippen LogP contribution is -2.55. The van der Waals surface area contributed by atoms with Crippen molar-refractivity contribution < 1.29 is 24.7 Å². The lowest BCUT2D eigenvalue weighted by molar-refractivity contribution is -0.144. The van der Waals surface area contributed by atoms with Crippen LogP contribution in [0.25, 0.3) is 0 Å². The lowest BCUT2D eigenvalue weighted by Gasteiger charge is -2.27. The summed E-state index contributed by atoms with van der Waals surface area (Å²) in [6.45, 7) is 0.393.